The lowest BCUT2D eigenvalue weighted by molar-refractivity contribution is 0.0691. The highest BCUT2D eigenvalue weighted by molar-refractivity contribution is 6.31. The summed E-state index contributed by atoms with van der Waals surface area (Å²) >= 11 is 12.1. The van der Waals surface area contributed by atoms with E-state index in [-0.39, 0.29) is 40.6 Å². The van der Waals surface area contributed by atoms with E-state index in [1.807, 2.05) is 0 Å². The molecule has 1 saturated carbocycles. The summed E-state index contributed by atoms with van der Waals surface area (Å²) in [5, 5.41) is 13.2. The molecule has 2 fully saturated rings. The quantitative estimate of drug-likeness (QED) is 0.496. The number of pyridine rings is 1. The molecule has 0 spiro atoms. The van der Waals surface area contributed by atoms with Gasteiger partial charge in [0.15, 0.2) is 5.69 Å². The molecular formula is C22H19Cl2F2N5O3. The van der Waals surface area contributed by atoms with Crippen molar-refractivity contribution in [3.05, 3.63) is 56.1 Å². The number of nitrogens with one attached hydrogen (secondary N) is 1. The van der Waals surface area contributed by atoms with Crippen molar-refractivity contribution in [1.82, 2.24) is 14.5 Å². The summed E-state index contributed by atoms with van der Waals surface area (Å²) < 4.78 is 28.8. The molecule has 2 aromatic heterocycles. The average molecular weight is 510 g/mol. The zero-order valence-electron chi connectivity index (χ0n) is 18.0. The maximum absolute atomic E-state index is 13.7. The first-order valence-corrected chi connectivity index (χ1v) is 11.2. The Hall–Kier alpha value is -2.98. The lowest BCUT2D eigenvalue weighted by Gasteiger charge is -2.24. The second-order valence-corrected chi connectivity index (χ2v) is 9.48. The number of aromatic nitrogens is 3. The van der Waals surface area contributed by atoms with Crippen LogP contribution < -0.4 is 15.8 Å². The number of aromatic carboxylic acids is 1. The number of alkyl halides is 2. The second-order valence-electron chi connectivity index (χ2n) is 8.66. The van der Waals surface area contributed by atoms with Gasteiger partial charge in [0.1, 0.15) is 5.15 Å². The van der Waals surface area contributed by atoms with Crippen LogP contribution in [0, 0.1) is 11.8 Å². The molecule has 3 heterocycles. The summed E-state index contributed by atoms with van der Waals surface area (Å²) in [4.78, 5) is 35.0. The van der Waals surface area contributed by atoms with Crippen LogP contribution in [0.3, 0.4) is 0 Å². The zero-order valence-corrected chi connectivity index (χ0v) is 19.5. The Labute approximate surface area is 202 Å². The van der Waals surface area contributed by atoms with Crippen LogP contribution in [0.1, 0.15) is 29.0 Å². The SMILES string of the molecule is C[C@H](Nc1ccc(Cl)nc1C(=O)O)c1cc(Cl)cc2c(=O)n(C)c(N3CC4C(C3)C4(F)F)nc12. The minimum absolute atomic E-state index is 0.0350. The van der Waals surface area contributed by atoms with Crippen molar-refractivity contribution in [2.45, 2.75) is 18.9 Å². The van der Waals surface area contributed by atoms with Gasteiger partial charge in [-0.1, -0.05) is 23.2 Å². The third-order valence-corrected chi connectivity index (χ3v) is 6.96. The van der Waals surface area contributed by atoms with Crippen molar-refractivity contribution >= 4 is 51.7 Å². The second kappa shape index (κ2) is 7.78. The Morgan fingerprint density at radius 3 is 2.56 bits per heavy atom. The first-order valence-electron chi connectivity index (χ1n) is 10.5. The zero-order chi connectivity index (χ0) is 24.5. The molecule has 34 heavy (non-hydrogen) atoms. The topological polar surface area (TPSA) is 100 Å². The molecule has 2 unspecified atom stereocenters. The predicted octanol–water partition coefficient (Wildman–Crippen LogP) is 4.21. The summed E-state index contributed by atoms with van der Waals surface area (Å²) in [6, 6.07) is 5.56. The molecule has 2 aliphatic rings. The molecule has 0 radical (unpaired) electrons. The maximum Gasteiger partial charge on any atom is 0.356 e. The van der Waals surface area contributed by atoms with Gasteiger partial charge < -0.3 is 15.3 Å². The van der Waals surface area contributed by atoms with Crippen molar-refractivity contribution in [1.29, 1.82) is 0 Å². The number of hydrogen-bond donors (Lipinski definition) is 2. The maximum atomic E-state index is 13.7. The molecule has 3 aromatic rings. The lowest BCUT2D eigenvalue weighted by Crippen LogP contribution is -2.34. The number of carboxylic acid groups (broad SMARTS) is 1. The molecule has 12 heteroatoms. The van der Waals surface area contributed by atoms with Gasteiger partial charge in [0.05, 0.1) is 34.5 Å². The fraction of sp³-hybridized carbons (Fsp3) is 0.364. The van der Waals surface area contributed by atoms with Gasteiger partial charge in [-0.05, 0) is 31.2 Å². The summed E-state index contributed by atoms with van der Waals surface area (Å²) in [6.45, 7) is 2.01. The Balaban J connectivity index is 1.57. The first kappa shape index (κ1) is 22.8. The van der Waals surface area contributed by atoms with Crippen LogP contribution in [0.5, 0.6) is 0 Å². The van der Waals surface area contributed by atoms with E-state index in [4.69, 9.17) is 23.2 Å². The number of benzene rings is 1. The average Bonchev–Trinajstić information content (AvgIpc) is 3.11. The van der Waals surface area contributed by atoms with E-state index in [9.17, 15) is 23.5 Å². The van der Waals surface area contributed by atoms with E-state index in [1.54, 1.807) is 24.9 Å². The van der Waals surface area contributed by atoms with Crippen LogP contribution in [0.4, 0.5) is 20.4 Å². The van der Waals surface area contributed by atoms with Gasteiger partial charge in [-0.2, -0.15) is 0 Å². The number of halogens is 4. The van der Waals surface area contributed by atoms with Crippen LogP contribution >= 0.6 is 23.2 Å². The highest BCUT2D eigenvalue weighted by atomic mass is 35.5. The number of rotatable bonds is 5. The van der Waals surface area contributed by atoms with E-state index in [2.05, 4.69) is 15.3 Å². The van der Waals surface area contributed by atoms with Gasteiger partial charge in [0.25, 0.3) is 11.5 Å². The highest BCUT2D eigenvalue weighted by Crippen LogP contribution is 2.59. The van der Waals surface area contributed by atoms with Crippen LogP contribution in [-0.4, -0.2) is 44.6 Å². The standard InChI is InChI=1S/C22H19Cl2F2N5O3/c1-9(27-15-3-4-16(24)28-18(15)20(33)34)11-5-10(23)6-12-17(11)29-21(30(2)19(12)32)31-7-13-14(8-31)22(13,25)26/h3-6,9,13-14,27H,7-8H2,1-2H3,(H,33,34)/t9-,13?,14?/m0/s1. The minimum atomic E-state index is -2.65. The van der Waals surface area contributed by atoms with Gasteiger partial charge in [-0.25, -0.2) is 23.5 Å². The molecule has 8 nitrogen and oxygen atoms in total. The van der Waals surface area contributed by atoms with E-state index in [0.717, 1.165) is 0 Å². The molecule has 3 atom stereocenters. The lowest BCUT2D eigenvalue weighted by atomic mass is 10.0. The molecular weight excluding hydrogens is 491 g/mol. The largest absolute Gasteiger partial charge is 0.476 e. The Morgan fingerprint density at radius 1 is 1.24 bits per heavy atom. The van der Waals surface area contributed by atoms with Crippen LogP contribution in [0.25, 0.3) is 10.9 Å². The fourth-order valence-corrected chi connectivity index (χ4v) is 5.04. The monoisotopic (exact) mass is 509 g/mol. The van der Waals surface area contributed by atoms with E-state index >= 15 is 0 Å². The van der Waals surface area contributed by atoms with Crippen LogP contribution in [-0.2, 0) is 7.05 Å². The Bertz CT molecular complexity index is 1400. The normalized spacial score (nSPS) is 21.4. The van der Waals surface area contributed by atoms with Gasteiger partial charge in [-0.15, -0.1) is 0 Å². The molecule has 2 N–H and O–H groups in total. The third-order valence-electron chi connectivity index (χ3n) is 6.54. The van der Waals surface area contributed by atoms with Gasteiger partial charge in [0.2, 0.25) is 5.95 Å². The summed E-state index contributed by atoms with van der Waals surface area (Å²) in [5.74, 6) is -5.06. The Morgan fingerprint density at radius 2 is 1.91 bits per heavy atom. The number of piperidine rings is 1. The molecule has 178 valence electrons. The van der Waals surface area contributed by atoms with Crippen molar-refractivity contribution in [2.75, 3.05) is 23.3 Å². The van der Waals surface area contributed by atoms with E-state index in [1.165, 1.54) is 22.8 Å². The van der Waals surface area contributed by atoms with Crippen LogP contribution in [0.15, 0.2) is 29.1 Å². The van der Waals surface area contributed by atoms with Crippen molar-refractivity contribution in [3.63, 3.8) is 0 Å². The number of nitrogens with zero attached hydrogens (tertiary/aromatic N) is 4. The predicted molar refractivity (Wildman–Crippen MR) is 124 cm³/mol. The molecule has 0 amide bonds. The number of anilines is 2. The molecule has 0 bridgehead atoms. The summed E-state index contributed by atoms with van der Waals surface area (Å²) in [7, 11) is 1.55. The minimum Gasteiger partial charge on any atom is -0.476 e. The van der Waals surface area contributed by atoms with E-state index in [0.29, 0.717) is 22.1 Å². The van der Waals surface area contributed by atoms with Crippen molar-refractivity contribution in [3.8, 4) is 0 Å². The first-order chi connectivity index (χ1) is 16.0. The third kappa shape index (κ3) is 3.56. The number of carbonyl (C=O) groups is 1. The van der Waals surface area contributed by atoms with Gasteiger partial charge >= 0.3 is 5.97 Å². The van der Waals surface area contributed by atoms with E-state index < -0.39 is 29.8 Å². The van der Waals surface area contributed by atoms with Gasteiger partial charge in [-0.3, -0.25) is 9.36 Å². The fourth-order valence-electron chi connectivity index (χ4n) is 4.66. The van der Waals surface area contributed by atoms with Crippen LogP contribution in [0.2, 0.25) is 10.2 Å². The number of carboxylic acids is 1. The molecule has 1 aromatic carbocycles. The summed E-state index contributed by atoms with van der Waals surface area (Å²) in [5.41, 5.74) is 0.509. The smallest absolute Gasteiger partial charge is 0.356 e. The number of fused-ring (bicyclic) bond motifs is 2. The molecule has 5 rings (SSSR count). The molecule has 1 aliphatic carbocycles. The number of hydrogen-bond acceptors (Lipinski definition) is 6. The van der Waals surface area contributed by atoms with Crippen molar-refractivity contribution in [2.24, 2.45) is 18.9 Å². The van der Waals surface area contributed by atoms with Crippen molar-refractivity contribution < 1.29 is 18.7 Å². The highest BCUT2D eigenvalue weighted by Gasteiger charge is 2.72. The Kier molecular flexibility index (Phi) is 5.21. The molecule has 1 aliphatic heterocycles. The molecule has 1 saturated heterocycles. The summed E-state index contributed by atoms with van der Waals surface area (Å²) in [6.07, 6.45) is 0. The van der Waals surface area contributed by atoms with Gasteiger partial charge in [0, 0.05) is 30.7 Å².